The van der Waals surface area contributed by atoms with E-state index in [4.69, 9.17) is 9.47 Å². The van der Waals surface area contributed by atoms with Crippen LogP contribution in [0.4, 0.5) is 17.2 Å². The molecule has 4 aliphatic rings. The van der Waals surface area contributed by atoms with Gasteiger partial charge in [-0.25, -0.2) is 23.1 Å². The number of rotatable bonds is 13. The lowest BCUT2D eigenvalue weighted by Gasteiger charge is -2.58. The van der Waals surface area contributed by atoms with Crippen LogP contribution in [0.2, 0.25) is 0 Å². The van der Waals surface area contributed by atoms with E-state index in [9.17, 15) is 28.4 Å². The Labute approximate surface area is 385 Å². The first kappa shape index (κ1) is 45.5. The van der Waals surface area contributed by atoms with E-state index in [1.54, 1.807) is 37.4 Å². The fourth-order valence-corrected chi connectivity index (χ4v) is 11.7. The van der Waals surface area contributed by atoms with Crippen molar-refractivity contribution in [1.82, 2.24) is 24.6 Å². The molecule has 1 unspecified atom stereocenters. The van der Waals surface area contributed by atoms with Crippen molar-refractivity contribution in [2.75, 3.05) is 43.0 Å². The van der Waals surface area contributed by atoms with E-state index in [0.717, 1.165) is 88.1 Å². The Bertz CT molecular complexity index is 2700. The summed E-state index contributed by atoms with van der Waals surface area (Å²) in [6, 6.07) is 19.1. The number of H-pyrrole nitrogens is 1. The molecule has 2 aromatic carbocycles. The summed E-state index contributed by atoms with van der Waals surface area (Å²) in [5, 5.41) is 26.2. The summed E-state index contributed by atoms with van der Waals surface area (Å²) in [6.45, 7) is 12.2. The maximum absolute atomic E-state index is 14.0. The minimum atomic E-state index is -4.64. The number of aliphatic hydroxyl groups is 1. The molecule has 16 nitrogen and oxygen atoms in total. The monoisotopic (exact) mass is 920 g/mol. The number of hydrogen-bond acceptors (Lipinski definition) is 13. The van der Waals surface area contributed by atoms with Crippen molar-refractivity contribution in [1.29, 1.82) is 0 Å². The van der Waals surface area contributed by atoms with Crippen molar-refractivity contribution in [3.63, 3.8) is 0 Å². The zero-order chi connectivity index (χ0) is 46.4. The molecule has 5 aromatic rings. The highest BCUT2D eigenvalue weighted by molar-refractivity contribution is 7.90. The van der Waals surface area contributed by atoms with Crippen LogP contribution in [0.1, 0.15) is 113 Å². The van der Waals surface area contributed by atoms with E-state index in [0.29, 0.717) is 42.7 Å². The normalized spacial score (nSPS) is 23.7. The van der Waals surface area contributed by atoms with Crippen molar-refractivity contribution >= 4 is 44.2 Å². The second-order valence-electron chi connectivity index (χ2n) is 19.5. The van der Waals surface area contributed by atoms with Crippen molar-refractivity contribution < 1.29 is 32.7 Å². The maximum Gasteiger partial charge on any atom is 0.312 e. The van der Waals surface area contributed by atoms with Crippen molar-refractivity contribution in [2.45, 2.75) is 114 Å². The lowest BCUT2D eigenvalue weighted by Crippen LogP contribution is -2.59. The molecule has 17 heteroatoms. The number of sulfonamides is 1. The predicted octanol–water partition coefficient (Wildman–Crippen LogP) is 8.46. The van der Waals surface area contributed by atoms with Crippen LogP contribution >= 0.6 is 0 Å². The number of ether oxygens (including phenoxy) is 2. The summed E-state index contributed by atoms with van der Waals surface area (Å²) in [7, 11) is -4.64. The van der Waals surface area contributed by atoms with Crippen LogP contribution < -0.4 is 19.7 Å². The van der Waals surface area contributed by atoms with E-state index < -0.39 is 37.0 Å². The smallest absolute Gasteiger partial charge is 0.312 e. The largest absolute Gasteiger partial charge is 0.455 e. The van der Waals surface area contributed by atoms with E-state index in [1.807, 2.05) is 6.07 Å². The van der Waals surface area contributed by atoms with E-state index in [1.165, 1.54) is 17.3 Å². The van der Waals surface area contributed by atoms with Crippen molar-refractivity contribution in [2.24, 2.45) is 11.3 Å². The number of morpholine rings is 1. The van der Waals surface area contributed by atoms with Crippen molar-refractivity contribution in [3.05, 3.63) is 106 Å². The van der Waals surface area contributed by atoms with Crippen LogP contribution in [-0.4, -0.2) is 94.7 Å². The molecule has 0 radical (unpaired) electrons. The van der Waals surface area contributed by atoms with Crippen LogP contribution in [0.15, 0.2) is 84.1 Å². The van der Waals surface area contributed by atoms with E-state index >= 15 is 0 Å². The van der Waals surface area contributed by atoms with Crippen LogP contribution in [0.5, 0.6) is 11.5 Å². The molecule has 4 fully saturated rings. The Morgan fingerprint density at radius 3 is 2.53 bits per heavy atom. The molecule has 4 N–H and O–H groups in total. The number of aromatic nitrogens is 3. The number of amides is 1. The number of pyridine rings is 2. The number of aromatic amines is 1. The molecule has 1 spiro atoms. The minimum Gasteiger partial charge on any atom is -0.455 e. The SMILES string of the molecule is CC(C)c1ccccc1[C@@H]1C(C)OCCN1C1CC2(CCN(c3ccc(C(=O)NS(=O)(=O)c4cnc(NC[C@H]5CC[C@](C)(O)CC5)c([N+](=O)[O-])c4)c(Oc4cnc5[nH]ccc5c4)c3)CC2)C1. The molecule has 2 atom stereocenters. The number of nitro groups is 1. The van der Waals surface area contributed by atoms with Gasteiger partial charge in [-0.2, -0.15) is 0 Å². The second-order valence-corrected chi connectivity index (χ2v) is 21.2. The molecule has 2 saturated heterocycles. The fourth-order valence-electron chi connectivity index (χ4n) is 10.7. The first-order valence-electron chi connectivity index (χ1n) is 23.2. The highest BCUT2D eigenvalue weighted by atomic mass is 32.2. The molecule has 0 bridgehead atoms. The number of carbonyl (C=O) groups is 1. The number of fused-ring (bicyclic) bond motifs is 1. The number of benzene rings is 2. The summed E-state index contributed by atoms with van der Waals surface area (Å²) in [5.74, 6) is 0.00762. The topological polar surface area (TPSA) is 205 Å². The first-order valence-corrected chi connectivity index (χ1v) is 24.7. The molecule has 2 aliphatic carbocycles. The molecule has 3 aromatic heterocycles. The van der Waals surface area contributed by atoms with Gasteiger partial charge in [0, 0.05) is 61.6 Å². The van der Waals surface area contributed by atoms with E-state index in [2.05, 4.69) is 79.8 Å². The Hall–Kier alpha value is -5.62. The summed E-state index contributed by atoms with van der Waals surface area (Å²) in [4.78, 5) is 41.5. The maximum atomic E-state index is 14.0. The summed E-state index contributed by atoms with van der Waals surface area (Å²) in [6.07, 6.45) is 11.4. The number of nitrogens with one attached hydrogen (secondary N) is 3. The van der Waals surface area contributed by atoms with Gasteiger partial charge in [0.05, 0.1) is 47.2 Å². The zero-order valence-electron chi connectivity index (χ0n) is 38.0. The average Bonchev–Trinajstić information content (AvgIpc) is 3.76. The van der Waals surface area contributed by atoms with Gasteiger partial charge in [-0.3, -0.25) is 19.8 Å². The van der Waals surface area contributed by atoms with Crippen LogP contribution in [0.25, 0.3) is 11.0 Å². The van der Waals surface area contributed by atoms with Gasteiger partial charge in [-0.15, -0.1) is 0 Å². The molecule has 5 heterocycles. The minimum absolute atomic E-state index is 0.0488. The lowest BCUT2D eigenvalue weighted by molar-refractivity contribution is -0.384. The Kier molecular flexibility index (Phi) is 12.6. The van der Waals surface area contributed by atoms with Crippen LogP contribution in [0, 0.1) is 21.4 Å². The molecule has 2 saturated carbocycles. The van der Waals surface area contributed by atoms with Crippen molar-refractivity contribution in [3.8, 4) is 11.5 Å². The summed E-state index contributed by atoms with van der Waals surface area (Å²) in [5.41, 5.74) is 3.18. The molecule has 1 amide bonds. The highest BCUT2D eigenvalue weighted by Gasteiger charge is 2.50. The van der Waals surface area contributed by atoms with E-state index in [-0.39, 0.29) is 40.6 Å². The Balaban J connectivity index is 0.901. The van der Waals surface area contributed by atoms with Gasteiger partial charge < -0.3 is 29.8 Å². The summed E-state index contributed by atoms with van der Waals surface area (Å²) >= 11 is 0. The van der Waals surface area contributed by atoms with Gasteiger partial charge in [-0.05, 0) is 118 Å². The summed E-state index contributed by atoms with van der Waals surface area (Å²) < 4.78 is 42.1. The highest BCUT2D eigenvalue weighted by Crippen LogP contribution is 2.54. The zero-order valence-corrected chi connectivity index (χ0v) is 38.9. The lowest BCUT2D eigenvalue weighted by atomic mass is 9.59. The number of hydrogen-bond donors (Lipinski definition) is 4. The third-order valence-corrected chi connectivity index (χ3v) is 15.9. The molecule has 350 valence electrons. The predicted molar refractivity (Wildman–Crippen MR) is 252 cm³/mol. The molecule has 9 rings (SSSR count). The third kappa shape index (κ3) is 9.48. The van der Waals surface area contributed by atoms with Gasteiger partial charge in [0.15, 0.2) is 0 Å². The number of nitrogens with zero attached hydrogens (tertiary/aromatic N) is 5. The quantitative estimate of drug-likeness (QED) is 0.0647. The molecular weight excluding hydrogens is 861 g/mol. The van der Waals surface area contributed by atoms with Gasteiger partial charge in [0.25, 0.3) is 15.9 Å². The van der Waals surface area contributed by atoms with Gasteiger partial charge in [0.2, 0.25) is 5.82 Å². The first-order chi connectivity index (χ1) is 31.6. The Morgan fingerprint density at radius 2 is 1.79 bits per heavy atom. The van der Waals surface area contributed by atoms with Crippen LogP contribution in [0.3, 0.4) is 0 Å². The second kappa shape index (κ2) is 18.2. The molecule has 66 heavy (non-hydrogen) atoms. The number of anilines is 2. The molecule has 2 aliphatic heterocycles. The van der Waals surface area contributed by atoms with Gasteiger partial charge in [0.1, 0.15) is 22.0 Å². The number of piperidine rings is 1. The Morgan fingerprint density at radius 1 is 1.03 bits per heavy atom. The van der Waals surface area contributed by atoms with Crippen LogP contribution in [-0.2, 0) is 14.8 Å². The fraction of sp³-hybridized carbons (Fsp3) is 0.490. The molecular formula is C49H60N8O8S. The van der Waals surface area contributed by atoms with Gasteiger partial charge >= 0.3 is 5.69 Å². The third-order valence-electron chi connectivity index (χ3n) is 14.6. The van der Waals surface area contributed by atoms with Gasteiger partial charge in [-0.1, -0.05) is 38.1 Å². The standard InChI is InChI=1S/C49H60N8O8S/c1-31(2)39-7-5-6-8-40(39)44-32(3)64-22-21-56(44)36-26-49(27-36)16-19-55(20-17-49)35-9-10-41(43(24-35)65-37-23-34-13-18-50-45(34)52-29-37)47(58)54-66(62,63)38-25-42(57(60)61)46(53-30-38)51-28-33-11-14-48(4,59)15-12-33/h5-10,13,18,23-25,29-33,36,44,59H,11-12,14-17,19-22,26-28H2,1-4H3,(H,50,52)(H,51,53)(H,54,58)/t32?,33-,44-,48-/m0/s1. The number of carbonyl (C=O) groups excluding carboxylic acids is 1. The average molecular weight is 921 g/mol.